The lowest BCUT2D eigenvalue weighted by Crippen LogP contribution is -2.15. The number of hydrogen-bond donors (Lipinski definition) is 2. The number of nitrogens with one attached hydrogen (secondary N) is 1. The summed E-state index contributed by atoms with van der Waals surface area (Å²) < 4.78 is 0. The van der Waals surface area contributed by atoms with Crippen LogP contribution < -0.4 is 5.32 Å². The van der Waals surface area contributed by atoms with Gasteiger partial charge in [0.25, 0.3) is 0 Å². The molecule has 0 aliphatic heterocycles. The average molecular weight is 243 g/mol. The first-order valence-electron chi connectivity index (χ1n) is 4.12. The Morgan fingerprint density at radius 2 is 2.31 bits per heavy atom. The summed E-state index contributed by atoms with van der Waals surface area (Å²) in [5, 5.41) is 16.4. The zero-order chi connectivity index (χ0) is 12.1. The fourth-order valence-corrected chi connectivity index (χ4v) is 1.62. The third-order valence-electron chi connectivity index (χ3n) is 1.41. The summed E-state index contributed by atoms with van der Waals surface area (Å²) in [7, 11) is 1.24. The van der Waals surface area contributed by atoms with Gasteiger partial charge in [0, 0.05) is 12.3 Å². The summed E-state index contributed by atoms with van der Waals surface area (Å²) in [5.41, 5.74) is -0.168. The molecule has 0 saturated heterocycles. The predicted octanol–water partition coefficient (Wildman–Crippen LogP) is 0.537. The molecule has 0 aliphatic rings. The molecule has 1 amide bonds. The molecule has 0 atom stereocenters. The molecule has 0 aliphatic carbocycles. The Bertz CT molecular complexity index is 440. The second-order valence-electron chi connectivity index (χ2n) is 2.65. The molecule has 16 heavy (non-hydrogen) atoms. The van der Waals surface area contributed by atoms with E-state index < -0.39 is 5.97 Å². The molecule has 0 unspecified atom stereocenters. The monoisotopic (exact) mass is 243 g/mol. The second-order valence-corrected chi connectivity index (χ2v) is 3.50. The molecule has 1 heterocycles. The molecule has 1 aromatic rings. The summed E-state index contributed by atoms with van der Waals surface area (Å²) in [6.07, 6.45) is 0. The molecule has 0 radical (unpaired) electrons. The zero-order valence-corrected chi connectivity index (χ0v) is 9.37. The van der Waals surface area contributed by atoms with Gasteiger partial charge in [0.05, 0.1) is 0 Å². The Hall–Kier alpha value is -1.96. The minimum atomic E-state index is -1.25. The summed E-state index contributed by atoms with van der Waals surface area (Å²) in [5.74, 6) is -1.53. The lowest BCUT2D eigenvalue weighted by atomic mass is 10.3. The summed E-state index contributed by atoms with van der Waals surface area (Å²) >= 11 is 1.11. The second kappa shape index (κ2) is 5.21. The highest BCUT2D eigenvalue weighted by Gasteiger charge is 2.17. The molecular formula is C8H9N3O4S. The highest BCUT2D eigenvalue weighted by Crippen LogP contribution is 2.16. The summed E-state index contributed by atoms with van der Waals surface area (Å²) in [4.78, 5) is 29.8. The number of aromatic nitrogens is 1. The van der Waals surface area contributed by atoms with Gasteiger partial charge < -0.3 is 15.3 Å². The molecule has 8 heteroatoms. The fourth-order valence-electron chi connectivity index (χ4n) is 0.877. The first kappa shape index (κ1) is 12.1. The Morgan fingerprint density at radius 3 is 2.81 bits per heavy atom. The van der Waals surface area contributed by atoms with E-state index in [1.165, 1.54) is 19.4 Å². The van der Waals surface area contributed by atoms with E-state index in [1.807, 2.05) is 0 Å². The zero-order valence-electron chi connectivity index (χ0n) is 8.55. The van der Waals surface area contributed by atoms with E-state index in [2.05, 4.69) is 20.3 Å². The van der Waals surface area contributed by atoms with Crippen LogP contribution >= 0.6 is 11.3 Å². The van der Waals surface area contributed by atoms with Crippen LogP contribution in [-0.2, 0) is 14.4 Å². The first-order valence-corrected chi connectivity index (χ1v) is 5.00. The number of thiazole rings is 1. The number of hydrogen-bond acceptors (Lipinski definition) is 6. The van der Waals surface area contributed by atoms with E-state index >= 15 is 0 Å². The number of aliphatic carboxylic acids is 1. The smallest absolute Gasteiger partial charge is 0.360 e. The lowest BCUT2D eigenvalue weighted by molar-refractivity contribution is -0.129. The van der Waals surface area contributed by atoms with E-state index in [9.17, 15) is 9.59 Å². The maximum absolute atomic E-state index is 10.8. The van der Waals surface area contributed by atoms with Crippen LogP contribution in [0.3, 0.4) is 0 Å². The van der Waals surface area contributed by atoms with E-state index in [-0.39, 0.29) is 17.3 Å². The third kappa shape index (κ3) is 3.02. The van der Waals surface area contributed by atoms with Gasteiger partial charge >= 0.3 is 5.97 Å². The van der Waals surface area contributed by atoms with Crippen molar-refractivity contribution in [3.05, 3.63) is 11.1 Å². The van der Waals surface area contributed by atoms with Gasteiger partial charge in [0.2, 0.25) is 11.6 Å². The van der Waals surface area contributed by atoms with Crippen LogP contribution in [0.5, 0.6) is 0 Å². The van der Waals surface area contributed by atoms with Crippen LogP contribution in [0.4, 0.5) is 5.13 Å². The first-order chi connectivity index (χ1) is 7.54. The summed E-state index contributed by atoms with van der Waals surface area (Å²) in [6.45, 7) is 1.34. The third-order valence-corrected chi connectivity index (χ3v) is 2.17. The number of oxime groups is 1. The van der Waals surface area contributed by atoms with Crippen molar-refractivity contribution < 1.29 is 19.5 Å². The van der Waals surface area contributed by atoms with Crippen LogP contribution in [0.25, 0.3) is 0 Å². The topological polar surface area (TPSA) is 101 Å². The minimum absolute atomic E-state index is 0.142. The van der Waals surface area contributed by atoms with Gasteiger partial charge in [0.15, 0.2) is 5.13 Å². The molecule has 1 aromatic heterocycles. The van der Waals surface area contributed by atoms with Crippen LogP contribution in [0.1, 0.15) is 12.6 Å². The van der Waals surface area contributed by atoms with E-state index in [0.717, 1.165) is 11.3 Å². The summed E-state index contributed by atoms with van der Waals surface area (Å²) in [6, 6.07) is 0. The molecule has 0 saturated carbocycles. The standard InChI is InChI=1S/C8H9N3O4S/c1-4(12)9-8-10-5(3-16-8)6(7(13)14)11-15-2/h3H,1-2H3,(H,13,14)(H,9,10,12)/b11-6-. The van der Waals surface area contributed by atoms with Gasteiger partial charge in [-0.2, -0.15) is 0 Å². The van der Waals surface area contributed by atoms with Crippen LogP contribution in [0, 0.1) is 0 Å². The SMILES string of the molecule is CO/N=C(\C(=O)O)c1csc(NC(C)=O)n1. The molecular weight excluding hydrogens is 234 g/mol. The van der Waals surface area contributed by atoms with Crippen LogP contribution in [0.15, 0.2) is 10.5 Å². The highest BCUT2D eigenvalue weighted by atomic mass is 32.1. The van der Waals surface area contributed by atoms with Gasteiger partial charge in [-0.1, -0.05) is 5.16 Å². The number of carboxylic acids is 1. The maximum Gasteiger partial charge on any atom is 0.360 e. The van der Waals surface area contributed by atoms with E-state index in [1.54, 1.807) is 0 Å². The van der Waals surface area contributed by atoms with Crippen molar-refractivity contribution >= 4 is 34.1 Å². The average Bonchev–Trinajstić information content (AvgIpc) is 2.60. The van der Waals surface area contributed by atoms with E-state index in [4.69, 9.17) is 5.11 Å². The number of anilines is 1. The largest absolute Gasteiger partial charge is 0.476 e. The molecule has 86 valence electrons. The van der Waals surface area contributed by atoms with Crippen molar-refractivity contribution in [1.29, 1.82) is 0 Å². The fraction of sp³-hybridized carbons (Fsp3) is 0.250. The Kier molecular flexibility index (Phi) is 3.95. The van der Waals surface area contributed by atoms with E-state index in [0.29, 0.717) is 5.13 Å². The number of nitrogens with zero attached hydrogens (tertiary/aromatic N) is 2. The number of rotatable bonds is 4. The van der Waals surface area contributed by atoms with Gasteiger partial charge in [-0.25, -0.2) is 9.78 Å². The van der Waals surface area contributed by atoms with Gasteiger partial charge in [0.1, 0.15) is 12.8 Å². The Labute approximate surface area is 94.7 Å². The van der Waals surface area contributed by atoms with Crippen molar-refractivity contribution in [3.63, 3.8) is 0 Å². The molecule has 0 spiro atoms. The molecule has 7 nitrogen and oxygen atoms in total. The van der Waals surface area contributed by atoms with Crippen molar-refractivity contribution in [1.82, 2.24) is 4.98 Å². The quantitative estimate of drug-likeness (QED) is 0.593. The van der Waals surface area contributed by atoms with Crippen molar-refractivity contribution in [2.75, 3.05) is 12.4 Å². The number of amides is 1. The molecule has 1 rings (SSSR count). The van der Waals surface area contributed by atoms with Crippen molar-refractivity contribution in [2.24, 2.45) is 5.16 Å². The normalized spacial score (nSPS) is 11.0. The maximum atomic E-state index is 10.8. The Morgan fingerprint density at radius 1 is 1.62 bits per heavy atom. The van der Waals surface area contributed by atoms with Crippen LogP contribution in [0.2, 0.25) is 0 Å². The molecule has 0 fully saturated rings. The van der Waals surface area contributed by atoms with Gasteiger partial charge in [-0.3, -0.25) is 4.79 Å². The number of carboxylic acid groups (broad SMARTS) is 1. The molecule has 2 N–H and O–H groups in total. The minimum Gasteiger partial charge on any atom is -0.476 e. The van der Waals surface area contributed by atoms with Crippen molar-refractivity contribution in [3.8, 4) is 0 Å². The predicted molar refractivity (Wildman–Crippen MR) is 57.6 cm³/mol. The number of carbonyl (C=O) groups excluding carboxylic acids is 1. The molecule has 0 bridgehead atoms. The number of carbonyl (C=O) groups is 2. The lowest BCUT2D eigenvalue weighted by Gasteiger charge is -1.96. The van der Waals surface area contributed by atoms with Crippen molar-refractivity contribution in [2.45, 2.75) is 6.92 Å². The molecule has 0 aromatic carbocycles. The van der Waals surface area contributed by atoms with Gasteiger partial charge in [-0.05, 0) is 0 Å². The highest BCUT2D eigenvalue weighted by molar-refractivity contribution is 7.14. The van der Waals surface area contributed by atoms with Gasteiger partial charge in [-0.15, -0.1) is 11.3 Å². The Balaban J connectivity index is 2.95. The van der Waals surface area contributed by atoms with Crippen LogP contribution in [-0.4, -0.2) is 34.8 Å².